The fraction of sp³-hybridized carbons (Fsp3) is 0.400. The first-order valence-electron chi connectivity index (χ1n) is 14.7. The van der Waals surface area contributed by atoms with Crippen molar-refractivity contribution in [2.45, 2.75) is 81.8 Å². The third-order valence-corrected chi connectivity index (χ3v) is 9.14. The van der Waals surface area contributed by atoms with Gasteiger partial charge in [-0.1, -0.05) is 95.6 Å². The summed E-state index contributed by atoms with van der Waals surface area (Å²) in [4.78, 5) is 38.6. The molecule has 1 atom stereocenters. The van der Waals surface area contributed by atoms with Crippen LogP contribution < -0.4 is 15.4 Å². The smallest absolute Gasteiger partial charge is 0.264 e. The van der Waals surface area contributed by atoms with Crippen molar-refractivity contribution in [2.24, 2.45) is 0 Å². The summed E-state index contributed by atoms with van der Waals surface area (Å²) in [5, 5.41) is 5.45. The van der Waals surface area contributed by atoms with E-state index in [9.17, 15) is 14.4 Å². The Morgan fingerprint density at radius 2 is 1.47 bits per heavy atom. The van der Waals surface area contributed by atoms with Gasteiger partial charge in [0.1, 0.15) is 5.75 Å². The molecule has 8 heteroatoms. The van der Waals surface area contributed by atoms with Crippen LogP contribution in [0.15, 0.2) is 72.8 Å². The average Bonchev–Trinajstić information content (AvgIpc) is 2.99. The van der Waals surface area contributed by atoms with Gasteiger partial charge >= 0.3 is 0 Å². The summed E-state index contributed by atoms with van der Waals surface area (Å²) in [6.07, 6.45) is 2.77. The summed E-state index contributed by atoms with van der Waals surface area (Å²) in [5.41, 5.74) is 3.62. The lowest BCUT2D eigenvalue weighted by Crippen LogP contribution is -2.39. The SMILES string of the molecule is CCC(C)(C)c1ccc(OCCCC(=O)Nc2cccc(C(=O)C(Cl)(Br)C(=O)Nc3ccccc3)c2)c(C(C)(C)CC)c1. The molecule has 0 aliphatic rings. The fourth-order valence-corrected chi connectivity index (χ4v) is 4.88. The van der Waals surface area contributed by atoms with Gasteiger partial charge in [0.15, 0.2) is 0 Å². The summed E-state index contributed by atoms with van der Waals surface area (Å²) in [6, 6.07) is 21.5. The molecule has 0 heterocycles. The van der Waals surface area contributed by atoms with E-state index in [1.54, 1.807) is 42.5 Å². The Morgan fingerprint density at radius 3 is 2.12 bits per heavy atom. The molecule has 0 fully saturated rings. The Kier molecular flexibility index (Phi) is 11.6. The van der Waals surface area contributed by atoms with Gasteiger partial charge in [0, 0.05) is 28.9 Å². The Balaban J connectivity index is 1.59. The molecule has 43 heavy (non-hydrogen) atoms. The first-order valence-corrected chi connectivity index (χ1v) is 15.8. The summed E-state index contributed by atoms with van der Waals surface area (Å²) in [6.45, 7) is 13.7. The zero-order chi connectivity index (χ0) is 31.8. The van der Waals surface area contributed by atoms with Gasteiger partial charge in [0.05, 0.1) is 6.61 Å². The van der Waals surface area contributed by atoms with E-state index in [2.05, 4.69) is 86.3 Å². The van der Waals surface area contributed by atoms with E-state index >= 15 is 0 Å². The molecular weight excluding hydrogens is 628 g/mol. The van der Waals surface area contributed by atoms with E-state index in [0.717, 1.165) is 18.6 Å². The van der Waals surface area contributed by atoms with Crippen molar-refractivity contribution >= 4 is 56.5 Å². The number of rotatable bonds is 14. The van der Waals surface area contributed by atoms with Crippen molar-refractivity contribution in [3.8, 4) is 5.75 Å². The van der Waals surface area contributed by atoms with Crippen molar-refractivity contribution in [1.29, 1.82) is 0 Å². The molecule has 3 aromatic rings. The van der Waals surface area contributed by atoms with E-state index in [1.165, 1.54) is 17.2 Å². The molecule has 0 saturated carbocycles. The number of halogens is 2. The second-order valence-corrected chi connectivity index (χ2v) is 14.2. The maximum Gasteiger partial charge on any atom is 0.264 e. The number of para-hydroxylation sites is 1. The average molecular weight is 670 g/mol. The number of hydrogen-bond donors (Lipinski definition) is 2. The number of anilines is 2. The van der Waals surface area contributed by atoms with Crippen LogP contribution >= 0.6 is 27.5 Å². The second kappa shape index (κ2) is 14.5. The van der Waals surface area contributed by atoms with E-state index < -0.39 is 15.5 Å². The van der Waals surface area contributed by atoms with Gasteiger partial charge in [-0.15, -0.1) is 0 Å². The molecule has 0 radical (unpaired) electrons. The van der Waals surface area contributed by atoms with Crippen molar-refractivity contribution in [3.63, 3.8) is 0 Å². The Morgan fingerprint density at radius 1 is 0.814 bits per heavy atom. The Hall–Kier alpha value is -3.16. The van der Waals surface area contributed by atoms with E-state index in [-0.39, 0.29) is 28.7 Å². The minimum atomic E-state index is -2.02. The monoisotopic (exact) mass is 668 g/mol. The molecule has 3 rings (SSSR count). The predicted octanol–water partition coefficient (Wildman–Crippen LogP) is 9.01. The van der Waals surface area contributed by atoms with Gasteiger partial charge in [-0.3, -0.25) is 14.4 Å². The number of benzene rings is 3. The number of amides is 2. The van der Waals surface area contributed by atoms with E-state index in [1.807, 2.05) is 6.07 Å². The molecule has 0 aromatic heterocycles. The van der Waals surface area contributed by atoms with Crippen LogP contribution in [-0.2, 0) is 20.4 Å². The molecular formula is C35H42BrClN2O4. The minimum absolute atomic E-state index is 0.0487. The van der Waals surface area contributed by atoms with Crippen LogP contribution in [0.2, 0.25) is 0 Å². The second-order valence-electron chi connectivity index (χ2n) is 12.0. The van der Waals surface area contributed by atoms with Crippen LogP contribution in [0.4, 0.5) is 11.4 Å². The molecule has 6 nitrogen and oxygen atoms in total. The van der Waals surface area contributed by atoms with Gasteiger partial charge < -0.3 is 15.4 Å². The van der Waals surface area contributed by atoms with Crippen LogP contribution in [-0.4, -0.2) is 28.0 Å². The molecule has 2 N–H and O–H groups in total. The van der Waals surface area contributed by atoms with Crippen LogP contribution in [0.3, 0.4) is 0 Å². The van der Waals surface area contributed by atoms with Gasteiger partial charge in [-0.05, 0) is 81.9 Å². The zero-order valence-corrected chi connectivity index (χ0v) is 28.2. The lowest BCUT2D eigenvalue weighted by Gasteiger charge is -2.30. The Labute approximate surface area is 269 Å². The number of carbonyl (C=O) groups excluding carboxylic acids is 3. The maximum absolute atomic E-state index is 13.1. The first kappa shape index (κ1) is 34.3. The van der Waals surface area contributed by atoms with Crippen LogP contribution in [0, 0.1) is 0 Å². The molecule has 2 amide bonds. The molecule has 3 aromatic carbocycles. The summed E-state index contributed by atoms with van der Waals surface area (Å²) in [7, 11) is 0. The van der Waals surface area contributed by atoms with E-state index in [0.29, 0.717) is 24.4 Å². The van der Waals surface area contributed by atoms with Crippen LogP contribution in [0.5, 0.6) is 5.75 Å². The van der Waals surface area contributed by atoms with Crippen molar-refractivity contribution < 1.29 is 19.1 Å². The highest BCUT2D eigenvalue weighted by molar-refractivity contribution is 9.11. The molecule has 0 bridgehead atoms. The summed E-state index contributed by atoms with van der Waals surface area (Å²) >= 11 is 9.44. The van der Waals surface area contributed by atoms with Gasteiger partial charge in [-0.25, -0.2) is 0 Å². The van der Waals surface area contributed by atoms with Gasteiger partial charge in [0.2, 0.25) is 15.5 Å². The fourth-order valence-electron chi connectivity index (χ4n) is 4.39. The molecule has 1 unspecified atom stereocenters. The van der Waals surface area contributed by atoms with Crippen molar-refractivity contribution in [2.75, 3.05) is 17.2 Å². The molecule has 0 saturated heterocycles. The Bertz CT molecular complexity index is 1440. The highest BCUT2D eigenvalue weighted by atomic mass is 79.9. The number of ketones is 1. The van der Waals surface area contributed by atoms with Gasteiger partial charge in [0.25, 0.3) is 5.91 Å². The maximum atomic E-state index is 13.1. The topological polar surface area (TPSA) is 84.5 Å². The lowest BCUT2D eigenvalue weighted by atomic mass is 9.76. The number of carbonyl (C=O) groups is 3. The molecule has 0 aliphatic carbocycles. The third-order valence-electron chi connectivity index (χ3n) is 8.07. The normalized spacial score (nSPS) is 13.1. The number of Topliss-reactive ketones (excluding diaryl/α,β-unsaturated/α-hetero) is 1. The first-order chi connectivity index (χ1) is 20.2. The highest BCUT2D eigenvalue weighted by Crippen LogP contribution is 2.38. The van der Waals surface area contributed by atoms with Gasteiger partial charge in [-0.2, -0.15) is 0 Å². The number of nitrogens with one attached hydrogen (secondary N) is 2. The third kappa shape index (κ3) is 8.93. The minimum Gasteiger partial charge on any atom is -0.493 e. The predicted molar refractivity (Wildman–Crippen MR) is 180 cm³/mol. The lowest BCUT2D eigenvalue weighted by molar-refractivity contribution is -0.117. The standard InChI is InChI=1S/C35H42BrClN2O4/c1-7-33(3,4)25-19-20-29(28(23-25)34(5,6)8-2)43-21-13-18-30(40)38-27-17-12-14-24(22-27)31(41)35(36,37)32(42)39-26-15-10-9-11-16-26/h9-12,14-17,19-20,22-23H,7-8,13,18,21H2,1-6H3,(H,38,40)(H,39,42). The summed E-state index contributed by atoms with van der Waals surface area (Å²) in [5.74, 6) is -0.717. The molecule has 0 spiro atoms. The number of alkyl halides is 2. The van der Waals surface area contributed by atoms with E-state index in [4.69, 9.17) is 16.3 Å². The highest BCUT2D eigenvalue weighted by Gasteiger charge is 2.42. The number of hydrogen-bond acceptors (Lipinski definition) is 4. The molecule has 230 valence electrons. The van der Waals surface area contributed by atoms with Crippen molar-refractivity contribution in [1.82, 2.24) is 0 Å². The van der Waals surface area contributed by atoms with Crippen LogP contribution in [0.25, 0.3) is 0 Å². The van der Waals surface area contributed by atoms with Crippen molar-refractivity contribution in [3.05, 3.63) is 89.5 Å². The van der Waals surface area contributed by atoms with Crippen LogP contribution in [0.1, 0.15) is 88.7 Å². The largest absolute Gasteiger partial charge is 0.493 e. The number of ether oxygens (including phenoxy) is 1. The summed E-state index contributed by atoms with van der Waals surface area (Å²) < 4.78 is 4.18. The quantitative estimate of drug-likeness (QED) is 0.0777. The molecule has 0 aliphatic heterocycles. The zero-order valence-electron chi connectivity index (χ0n) is 25.9.